The molecular weight excluding hydrogens is 302 g/mol. The first kappa shape index (κ1) is 14.5. The van der Waals surface area contributed by atoms with Crippen LogP contribution >= 0.6 is 11.6 Å². The Hall–Kier alpha value is -1.86. The first-order chi connectivity index (χ1) is 9.53. The molecule has 20 heavy (non-hydrogen) atoms. The Bertz CT molecular complexity index is 689. The maximum Gasteiger partial charge on any atom is 0.263 e. The number of rotatable bonds is 5. The summed E-state index contributed by atoms with van der Waals surface area (Å²) >= 11 is 5.76. The van der Waals surface area contributed by atoms with Crippen LogP contribution in [0, 0.1) is 0 Å². The second-order valence-corrected chi connectivity index (χ2v) is 5.75. The third kappa shape index (κ3) is 3.37. The number of aromatic nitrogens is 2. The molecule has 2 rings (SSSR count). The highest BCUT2D eigenvalue weighted by Crippen LogP contribution is 2.21. The van der Waals surface area contributed by atoms with Gasteiger partial charge in [0.1, 0.15) is 5.75 Å². The van der Waals surface area contributed by atoms with Crippen LogP contribution in [0.2, 0.25) is 5.15 Å². The molecule has 0 saturated heterocycles. The zero-order valence-corrected chi connectivity index (χ0v) is 12.1. The number of hydrogen-bond donors (Lipinski definition) is 1. The molecule has 0 aliphatic heterocycles. The smallest absolute Gasteiger partial charge is 0.263 e. The van der Waals surface area contributed by atoms with Gasteiger partial charge in [-0.05, 0) is 31.2 Å². The van der Waals surface area contributed by atoms with Crippen molar-refractivity contribution < 1.29 is 13.2 Å². The number of anilines is 1. The largest absolute Gasteiger partial charge is 0.494 e. The molecule has 0 aliphatic carbocycles. The van der Waals surface area contributed by atoms with Gasteiger partial charge >= 0.3 is 0 Å². The molecule has 0 bridgehead atoms. The number of benzene rings is 1. The standard InChI is InChI=1S/C12H12ClN3O3S/c1-2-19-9-3-5-10(6-4-9)20(17,18)16-12-11(13)14-7-8-15-12/h3-8H,2H2,1H3,(H,15,16). The lowest BCUT2D eigenvalue weighted by atomic mass is 10.3. The molecule has 0 unspecified atom stereocenters. The molecule has 0 amide bonds. The van der Waals surface area contributed by atoms with Gasteiger partial charge in [0, 0.05) is 12.4 Å². The molecular formula is C12H12ClN3O3S. The summed E-state index contributed by atoms with van der Waals surface area (Å²) in [6.07, 6.45) is 2.72. The molecule has 0 radical (unpaired) electrons. The predicted octanol–water partition coefficient (Wildman–Crippen LogP) is 2.33. The lowest BCUT2D eigenvalue weighted by molar-refractivity contribution is 0.340. The Labute approximate surface area is 121 Å². The summed E-state index contributed by atoms with van der Waals surface area (Å²) in [6, 6.07) is 6.04. The number of nitrogens with zero attached hydrogens (tertiary/aromatic N) is 2. The number of nitrogens with one attached hydrogen (secondary N) is 1. The van der Waals surface area contributed by atoms with Crippen LogP contribution in [0.1, 0.15) is 6.92 Å². The molecule has 1 heterocycles. The Morgan fingerprint density at radius 2 is 1.85 bits per heavy atom. The van der Waals surface area contributed by atoms with Gasteiger partial charge in [0.15, 0.2) is 11.0 Å². The molecule has 0 fully saturated rings. The van der Waals surface area contributed by atoms with Crippen LogP contribution in [0.5, 0.6) is 5.75 Å². The van der Waals surface area contributed by atoms with Crippen LogP contribution in [0.15, 0.2) is 41.6 Å². The third-order valence-corrected chi connectivity index (χ3v) is 3.96. The van der Waals surface area contributed by atoms with Crippen molar-refractivity contribution in [2.45, 2.75) is 11.8 Å². The average molecular weight is 314 g/mol. The molecule has 8 heteroatoms. The molecule has 106 valence electrons. The van der Waals surface area contributed by atoms with Crippen LogP contribution < -0.4 is 9.46 Å². The van der Waals surface area contributed by atoms with Crippen molar-refractivity contribution in [2.75, 3.05) is 11.3 Å². The summed E-state index contributed by atoms with van der Waals surface area (Å²) in [5.41, 5.74) is 0. The second kappa shape index (κ2) is 6.06. The monoisotopic (exact) mass is 313 g/mol. The summed E-state index contributed by atoms with van der Waals surface area (Å²) in [4.78, 5) is 7.66. The SMILES string of the molecule is CCOc1ccc(S(=O)(=O)Nc2nccnc2Cl)cc1. The second-order valence-electron chi connectivity index (χ2n) is 3.71. The van der Waals surface area contributed by atoms with Crippen LogP contribution in [0.25, 0.3) is 0 Å². The Balaban J connectivity index is 2.24. The Morgan fingerprint density at radius 1 is 1.20 bits per heavy atom. The Kier molecular flexibility index (Phi) is 4.41. The number of sulfonamides is 1. The quantitative estimate of drug-likeness (QED) is 0.916. The van der Waals surface area contributed by atoms with Crippen molar-refractivity contribution in [2.24, 2.45) is 0 Å². The molecule has 0 spiro atoms. The van der Waals surface area contributed by atoms with E-state index in [1.165, 1.54) is 24.5 Å². The molecule has 0 aliphatic rings. The van der Waals surface area contributed by atoms with Gasteiger partial charge in [0.25, 0.3) is 10.0 Å². The van der Waals surface area contributed by atoms with Gasteiger partial charge in [-0.2, -0.15) is 0 Å². The minimum Gasteiger partial charge on any atom is -0.494 e. The van der Waals surface area contributed by atoms with Crippen LogP contribution in [0.3, 0.4) is 0 Å². The van der Waals surface area contributed by atoms with Crippen molar-refractivity contribution in [1.29, 1.82) is 0 Å². The number of ether oxygens (including phenoxy) is 1. The van der Waals surface area contributed by atoms with Crippen LogP contribution in [-0.4, -0.2) is 25.0 Å². The minimum atomic E-state index is -3.76. The molecule has 0 atom stereocenters. The van der Waals surface area contributed by atoms with E-state index < -0.39 is 10.0 Å². The lowest BCUT2D eigenvalue weighted by Crippen LogP contribution is -2.14. The maximum atomic E-state index is 12.1. The lowest BCUT2D eigenvalue weighted by Gasteiger charge is -2.08. The van der Waals surface area contributed by atoms with Crippen molar-refractivity contribution in [3.63, 3.8) is 0 Å². The highest BCUT2D eigenvalue weighted by molar-refractivity contribution is 7.92. The van der Waals surface area contributed by atoms with Crippen LogP contribution in [0.4, 0.5) is 5.82 Å². The molecule has 2 aromatic rings. The van der Waals surface area contributed by atoms with Crippen LogP contribution in [-0.2, 0) is 10.0 Å². The van der Waals surface area contributed by atoms with Crippen molar-refractivity contribution in [3.05, 3.63) is 41.8 Å². The predicted molar refractivity (Wildman–Crippen MR) is 75.5 cm³/mol. The summed E-state index contributed by atoms with van der Waals surface area (Å²) in [5, 5.41) is -0.0120. The summed E-state index contributed by atoms with van der Waals surface area (Å²) < 4.78 is 31.8. The molecule has 6 nitrogen and oxygen atoms in total. The number of halogens is 1. The Morgan fingerprint density at radius 3 is 2.45 bits per heavy atom. The summed E-state index contributed by atoms with van der Waals surface area (Å²) in [6.45, 7) is 2.36. The zero-order chi connectivity index (χ0) is 14.6. The number of hydrogen-bond acceptors (Lipinski definition) is 5. The van der Waals surface area contributed by atoms with E-state index in [4.69, 9.17) is 16.3 Å². The van der Waals surface area contributed by atoms with E-state index in [0.717, 1.165) is 0 Å². The van der Waals surface area contributed by atoms with Gasteiger partial charge in [-0.3, -0.25) is 4.72 Å². The van der Waals surface area contributed by atoms with Gasteiger partial charge in [-0.25, -0.2) is 18.4 Å². The highest BCUT2D eigenvalue weighted by Gasteiger charge is 2.16. The van der Waals surface area contributed by atoms with E-state index in [-0.39, 0.29) is 15.9 Å². The van der Waals surface area contributed by atoms with Gasteiger partial charge in [0.2, 0.25) is 0 Å². The fourth-order valence-electron chi connectivity index (χ4n) is 1.46. The van der Waals surface area contributed by atoms with Gasteiger partial charge in [-0.15, -0.1) is 0 Å². The first-order valence-corrected chi connectivity index (χ1v) is 7.61. The third-order valence-electron chi connectivity index (χ3n) is 2.33. The zero-order valence-electron chi connectivity index (χ0n) is 10.6. The maximum absolute atomic E-state index is 12.1. The average Bonchev–Trinajstić information content (AvgIpc) is 2.42. The van der Waals surface area contributed by atoms with E-state index in [2.05, 4.69) is 14.7 Å². The van der Waals surface area contributed by atoms with Gasteiger partial charge in [0.05, 0.1) is 11.5 Å². The van der Waals surface area contributed by atoms with E-state index in [1.807, 2.05) is 6.92 Å². The topological polar surface area (TPSA) is 81.2 Å². The molecule has 1 aromatic carbocycles. The normalized spacial score (nSPS) is 11.1. The highest BCUT2D eigenvalue weighted by atomic mass is 35.5. The fraction of sp³-hybridized carbons (Fsp3) is 0.167. The van der Waals surface area contributed by atoms with Gasteiger partial charge in [-0.1, -0.05) is 11.6 Å². The van der Waals surface area contributed by atoms with Crippen molar-refractivity contribution in [1.82, 2.24) is 9.97 Å². The molecule has 1 N–H and O–H groups in total. The van der Waals surface area contributed by atoms with Crippen molar-refractivity contribution >= 4 is 27.4 Å². The molecule has 1 aromatic heterocycles. The fourth-order valence-corrected chi connectivity index (χ4v) is 2.68. The first-order valence-electron chi connectivity index (χ1n) is 5.75. The molecule has 0 saturated carbocycles. The van der Waals surface area contributed by atoms with E-state index in [1.54, 1.807) is 12.1 Å². The van der Waals surface area contributed by atoms with E-state index in [0.29, 0.717) is 12.4 Å². The minimum absolute atomic E-state index is 0.0111. The summed E-state index contributed by atoms with van der Waals surface area (Å²) in [5.74, 6) is 0.590. The van der Waals surface area contributed by atoms with Crippen molar-refractivity contribution in [3.8, 4) is 5.75 Å². The van der Waals surface area contributed by atoms with Gasteiger partial charge < -0.3 is 4.74 Å². The van der Waals surface area contributed by atoms with E-state index >= 15 is 0 Å². The summed E-state index contributed by atoms with van der Waals surface area (Å²) in [7, 11) is -3.76. The van der Waals surface area contributed by atoms with E-state index in [9.17, 15) is 8.42 Å².